The molecule has 2 aliphatic heterocycles. The molecule has 2 rings (SSSR count). The molecule has 0 aliphatic carbocycles. The van der Waals surface area contributed by atoms with Crippen molar-refractivity contribution in [2.24, 2.45) is 0 Å². The Morgan fingerprint density at radius 1 is 1.43 bits per heavy atom. The van der Waals surface area contributed by atoms with Crippen LogP contribution in [0.4, 0.5) is 0 Å². The number of carboxylic acids is 1. The third-order valence-electron chi connectivity index (χ3n) is 2.30. The highest BCUT2D eigenvalue weighted by Crippen LogP contribution is 2.32. The Labute approximate surface area is 86.1 Å². The van der Waals surface area contributed by atoms with Crippen LogP contribution in [0.2, 0.25) is 0 Å². The molecule has 5 nitrogen and oxygen atoms in total. The lowest BCUT2D eigenvalue weighted by molar-refractivity contribution is -0.139. The molecule has 1 unspecified atom stereocenters. The van der Waals surface area contributed by atoms with Crippen LogP contribution < -0.4 is 5.32 Å². The van der Waals surface area contributed by atoms with Gasteiger partial charge in [-0.15, -0.1) is 11.8 Å². The standard InChI is InChI=1S/C8H13NO4S/c10-7(11)6-3-14-8(9-6)4-12-1-2-13-5-8/h6,9H,1-5H2,(H,10,11). The van der Waals surface area contributed by atoms with Crippen LogP contribution in [0.15, 0.2) is 0 Å². The number of thioether (sulfide) groups is 1. The van der Waals surface area contributed by atoms with E-state index >= 15 is 0 Å². The minimum absolute atomic E-state index is 0.348. The maximum atomic E-state index is 10.8. The normalized spacial score (nSPS) is 31.6. The summed E-state index contributed by atoms with van der Waals surface area (Å²) >= 11 is 1.57. The molecule has 0 aromatic rings. The molecule has 0 aromatic heterocycles. The van der Waals surface area contributed by atoms with E-state index in [0.29, 0.717) is 32.2 Å². The van der Waals surface area contributed by atoms with Crippen molar-refractivity contribution in [3.8, 4) is 0 Å². The first-order chi connectivity index (χ1) is 6.72. The first kappa shape index (κ1) is 10.2. The van der Waals surface area contributed by atoms with Crippen molar-refractivity contribution >= 4 is 17.7 Å². The molecule has 6 heteroatoms. The molecule has 2 aliphatic rings. The van der Waals surface area contributed by atoms with Gasteiger partial charge in [-0.25, -0.2) is 0 Å². The number of ether oxygens (including phenoxy) is 2. The van der Waals surface area contributed by atoms with E-state index in [1.165, 1.54) is 0 Å². The smallest absolute Gasteiger partial charge is 0.321 e. The van der Waals surface area contributed by atoms with E-state index < -0.39 is 12.0 Å². The summed E-state index contributed by atoms with van der Waals surface area (Å²) in [5.74, 6) is -0.235. The summed E-state index contributed by atoms with van der Waals surface area (Å²) in [5.41, 5.74) is 0. The molecule has 0 saturated carbocycles. The molecular formula is C8H13NO4S. The van der Waals surface area contributed by atoms with Crippen molar-refractivity contribution in [3.63, 3.8) is 0 Å². The summed E-state index contributed by atoms with van der Waals surface area (Å²) in [6.07, 6.45) is 0. The largest absolute Gasteiger partial charge is 0.480 e. The number of carbonyl (C=O) groups is 1. The highest BCUT2D eigenvalue weighted by molar-refractivity contribution is 8.01. The summed E-state index contributed by atoms with van der Waals surface area (Å²) in [5, 5.41) is 11.9. The summed E-state index contributed by atoms with van der Waals surface area (Å²) in [7, 11) is 0. The van der Waals surface area contributed by atoms with Crippen LogP contribution in [0, 0.1) is 0 Å². The molecule has 0 bridgehead atoms. The van der Waals surface area contributed by atoms with Crippen molar-refractivity contribution < 1.29 is 19.4 Å². The molecule has 2 fully saturated rings. The average molecular weight is 219 g/mol. The topological polar surface area (TPSA) is 67.8 Å². The van der Waals surface area contributed by atoms with E-state index in [-0.39, 0.29) is 4.87 Å². The number of carboxylic acid groups (broad SMARTS) is 1. The maximum Gasteiger partial charge on any atom is 0.321 e. The number of hydrogen-bond donors (Lipinski definition) is 2. The Bertz CT molecular complexity index is 227. The summed E-state index contributed by atoms with van der Waals surface area (Å²) in [4.78, 5) is 10.4. The van der Waals surface area contributed by atoms with Crippen LogP contribution in [0.1, 0.15) is 0 Å². The lowest BCUT2D eigenvalue weighted by Crippen LogP contribution is -2.50. The summed E-state index contributed by atoms with van der Waals surface area (Å²) < 4.78 is 10.7. The van der Waals surface area contributed by atoms with Gasteiger partial charge in [-0.05, 0) is 0 Å². The Morgan fingerprint density at radius 3 is 2.57 bits per heavy atom. The quantitative estimate of drug-likeness (QED) is 0.621. The first-order valence-corrected chi connectivity index (χ1v) is 5.50. The van der Waals surface area contributed by atoms with Crippen LogP contribution in [0.3, 0.4) is 0 Å². The number of aliphatic carboxylic acids is 1. The molecule has 2 saturated heterocycles. The van der Waals surface area contributed by atoms with Gasteiger partial charge < -0.3 is 14.6 Å². The second-order valence-electron chi connectivity index (χ2n) is 3.45. The van der Waals surface area contributed by atoms with Gasteiger partial charge in [0.2, 0.25) is 0 Å². The van der Waals surface area contributed by atoms with Crippen LogP contribution in [0.5, 0.6) is 0 Å². The fourth-order valence-corrected chi connectivity index (χ4v) is 2.85. The molecule has 1 atom stereocenters. The van der Waals surface area contributed by atoms with Crippen molar-refractivity contribution in [2.75, 3.05) is 32.2 Å². The van der Waals surface area contributed by atoms with E-state index in [0.717, 1.165) is 0 Å². The second kappa shape index (κ2) is 4.06. The molecule has 2 heterocycles. The van der Waals surface area contributed by atoms with Gasteiger partial charge in [0.25, 0.3) is 0 Å². The van der Waals surface area contributed by atoms with Crippen molar-refractivity contribution in [3.05, 3.63) is 0 Å². The number of hydrogen-bond acceptors (Lipinski definition) is 5. The predicted molar refractivity (Wildman–Crippen MR) is 51.4 cm³/mol. The van der Waals surface area contributed by atoms with E-state index in [2.05, 4.69) is 5.32 Å². The summed E-state index contributed by atoms with van der Waals surface area (Å²) in [6, 6.07) is -0.481. The van der Waals surface area contributed by atoms with Crippen LogP contribution >= 0.6 is 11.8 Å². The van der Waals surface area contributed by atoms with E-state index in [4.69, 9.17) is 14.6 Å². The minimum Gasteiger partial charge on any atom is -0.480 e. The molecule has 14 heavy (non-hydrogen) atoms. The van der Waals surface area contributed by atoms with E-state index in [9.17, 15) is 4.79 Å². The van der Waals surface area contributed by atoms with Gasteiger partial charge in [0.15, 0.2) is 0 Å². The molecular weight excluding hydrogens is 206 g/mol. The lowest BCUT2D eigenvalue weighted by Gasteiger charge is -2.25. The van der Waals surface area contributed by atoms with Gasteiger partial charge in [-0.3, -0.25) is 10.1 Å². The number of nitrogens with one attached hydrogen (secondary N) is 1. The third kappa shape index (κ3) is 2.03. The van der Waals surface area contributed by atoms with E-state index in [1.54, 1.807) is 11.8 Å². The van der Waals surface area contributed by atoms with Crippen molar-refractivity contribution in [2.45, 2.75) is 10.9 Å². The third-order valence-corrected chi connectivity index (χ3v) is 3.71. The fourth-order valence-electron chi connectivity index (χ4n) is 1.58. The van der Waals surface area contributed by atoms with Gasteiger partial charge in [0.05, 0.1) is 26.4 Å². The second-order valence-corrected chi connectivity index (χ2v) is 4.85. The Hall–Kier alpha value is -0.300. The zero-order chi connectivity index (χ0) is 10.0. The maximum absolute atomic E-state index is 10.8. The highest BCUT2D eigenvalue weighted by atomic mass is 32.2. The molecule has 1 spiro atoms. The van der Waals surface area contributed by atoms with Gasteiger partial charge in [-0.1, -0.05) is 0 Å². The Kier molecular flexibility index (Phi) is 2.96. The van der Waals surface area contributed by atoms with Crippen LogP contribution in [-0.2, 0) is 14.3 Å². The van der Waals surface area contributed by atoms with Gasteiger partial charge in [-0.2, -0.15) is 0 Å². The monoisotopic (exact) mass is 219 g/mol. The van der Waals surface area contributed by atoms with Gasteiger partial charge in [0, 0.05) is 5.75 Å². The highest BCUT2D eigenvalue weighted by Gasteiger charge is 2.43. The molecule has 2 N–H and O–H groups in total. The van der Waals surface area contributed by atoms with E-state index in [1.807, 2.05) is 0 Å². The Morgan fingerprint density at radius 2 is 2.07 bits per heavy atom. The zero-order valence-electron chi connectivity index (χ0n) is 7.69. The van der Waals surface area contributed by atoms with Crippen LogP contribution in [-0.4, -0.2) is 54.2 Å². The number of rotatable bonds is 1. The Balaban J connectivity index is 1.99. The molecule has 0 radical (unpaired) electrons. The molecule has 0 amide bonds. The van der Waals surface area contributed by atoms with Gasteiger partial charge >= 0.3 is 5.97 Å². The van der Waals surface area contributed by atoms with Crippen molar-refractivity contribution in [1.29, 1.82) is 0 Å². The van der Waals surface area contributed by atoms with Crippen molar-refractivity contribution in [1.82, 2.24) is 5.32 Å². The fraction of sp³-hybridized carbons (Fsp3) is 0.875. The average Bonchev–Trinajstić information content (AvgIpc) is 2.41. The lowest BCUT2D eigenvalue weighted by atomic mass is 10.2. The SMILES string of the molecule is O=C(O)C1CSC2(COCCOC2)N1. The molecule has 80 valence electrons. The van der Waals surface area contributed by atoms with Crippen LogP contribution in [0.25, 0.3) is 0 Å². The minimum atomic E-state index is -0.807. The first-order valence-electron chi connectivity index (χ1n) is 4.52. The zero-order valence-corrected chi connectivity index (χ0v) is 8.51. The van der Waals surface area contributed by atoms with Gasteiger partial charge in [0.1, 0.15) is 10.9 Å². The summed E-state index contributed by atoms with van der Waals surface area (Å²) in [6.45, 7) is 2.20. The molecule has 0 aromatic carbocycles. The predicted octanol–water partition coefficient (Wildman–Crippen LogP) is -0.481.